The summed E-state index contributed by atoms with van der Waals surface area (Å²) in [5.41, 5.74) is 2.68. The second-order valence-electron chi connectivity index (χ2n) is 4.41. The first-order valence-electron chi connectivity index (χ1n) is 5.42. The minimum Gasteiger partial charge on any atom is -0.496 e. The molecule has 1 rings (SSSR count). The van der Waals surface area contributed by atoms with Crippen molar-refractivity contribution in [3.63, 3.8) is 0 Å². The van der Waals surface area contributed by atoms with Crippen molar-refractivity contribution in [2.45, 2.75) is 19.9 Å². The molecule has 4 nitrogen and oxygen atoms in total. The van der Waals surface area contributed by atoms with E-state index in [1.165, 1.54) is 0 Å². The third-order valence-corrected chi connectivity index (χ3v) is 2.70. The van der Waals surface area contributed by atoms with Gasteiger partial charge in [0.2, 0.25) is 0 Å². The maximum absolute atomic E-state index is 11.3. The van der Waals surface area contributed by atoms with Crippen molar-refractivity contribution in [1.82, 2.24) is 4.90 Å². The highest BCUT2D eigenvalue weighted by atomic mass is 16.5. The van der Waals surface area contributed by atoms with Gasteiger partial charge in [-0.3, -0.25) is 9.69 Å². The molecule has 1 N–H and O–H groups in total. The van der Waals surface area contributed by atoms with Crippen LogP contribution < -0.4 is 4.74 Å². The molecule has 4 heteroatoms. The molecule has 0 saturated carbocycles. The number of rotatable bonds is 4. The van der Waals surface area contributed by atoms with E-state index < -0.39 is 12.0 Å². The van der Waals surface area contributed by atoms with Gasteiger partial charge in [0, 0.05) is 5.56 Å². The number of hydrogen-bond donors (Lipinski definition) is 1. The molecule has 0 fully saturated rings. The minimum atomic E-state index is -0.877. The molecule has 1 aromatic carbocycles. The number of aryl methyl sites for hydroxylation is 2. The fourth-order valence-corrected chi connectivity index (χ4v) is 2.10. The van der Waals surface area contributed by atoms with Crippen LogP contribution in [0.2, 0.25) is 0 Å². The van der Waals surface area contributed by atoms with Crippen molar-refractivity contribution in [3.05, 3.63) is 28.8 Å². The van der Waals surface area contributed by atoms with Crippen LogP contribution in [0.25, 0.3) is 0 Å². The number of likely N-dealkylation sites (N-methyl/N-ethyl adjacent to an activating group) is 1. The van der Waals surface area contributed by atoms with E-state index in [1.807, 2.05) is 26.0 Å². The Labute approximate surface area is 102 Å². The van der Waals surface area contributed by atoms with Gasteiger partial charge in [-0.25, -0.2) is 0 Å². The van der Waals surface area contributed by atoms with Crippen LogP contribution in [0.3, 0.4) is 0 Å². The monoisotopic (exact) mass is 237 g/mol. The lowest BCUT2D eigenvalue weighted by Crippen LogP contribution is -2.28. The van der Waals surface area contributed by atoms with E-state index in [0.717, 1.165) is 11.1 Å². The molecule has 0 radical (unpaired) electrons. The second-order valence-corrected chi connectivity index (χ2v) is 4.41. The van der Waals surface area contributed by atoms with Gasteiger partial charge in [0.05, 0.1) is 7.11 Å². The molecule has 0 saturated heterocycles. The zero-order valence-electron chi connectivity index (χ0n) is 10.9. The van der Waals surface area contributed by atoms with E-state index in [2.05, 4.69) is 0 Å². The number of methoxy groups -OCH3 is 1. The fraction of sp³-hybridized carbons (Fsp3) is 0.462. The number of carbonyl (C=O) groups is 1. The van der Waals surface area contributed by atoms with Crippen LogP contribution in [0, 0.1) is 13.8 Å². The number of carboxylic acid groups (broad SMARTS) is 1. The van der Waals surface area contributed by atoms with Gasteiger partial charge in [-0.15, -0.1) is 0 Å². The van der Waals surface area contributed by atoms with Gasteiger partial charge < -0.3 is 9.84 Å². The van der Waals surface area contributed by atoms with Crippen LogP contribution in [0.5, 0.6) is 5.75 Å². The van der Waals surface area contributed by atoms with Gasteiger partial charge in [0.1, 0.15) is 11.8 Å². The van der Waals surface area contributed by atoms with Gasteiger partial charge in [-0.2, -0.15) is 0 Å². The van der Waals surface area contributed by atoms with Crippen LogP contribution in [-0.4, -0.2) is 37.2 Å². The standard InChI is InChI=1S/C13H19NO3/c1-8-6-9(2)12(17-5)10(7-8)11(13(15)16)14(3)4/h6-7,11H,1-5H3,(H,15,16). The van der Waals surface area contributed by atoms with Gasteiger partial charge in [-0.1, -0.05) is 17.7 Å². The number of benzene rings is 1. The Bertz CT molecular complexity index is 427. The molecule has 17 heavy (non-hydrogen) atoms. The summed E-state index contributed by atoms with van der Waals surface area (Å²) < 4.78 is 5.32. The van der Waals surface area contributed by atoms with Gasteiger partial charge in [-0.05, 0) is 33.5 Å². The Balaban J connectivity index is 3.41. The molecular formula is C13H19NO3. The predicted octanol–water partition coefficient (Wildman–Crippen LogP) is 2.00. The lowest BCUT2D eigenvalue weighted by atomic mass is 9.99. The van der Waals surface area contributed by atoms with E-state index in [1.54, 1.807) is 26.1 Å². The third-order valence-electron chi connectivity index (χ3n) is 2.70. The first-order valence-corrected chi connectivity index (χ1v) is 5.42. The second kappa shape index (κ2) is 5.19. The number of hydrogen-bond acceptors (Lipinski definition) is 3. The molecule has 0 bridgehead atoms. The molecule has 1 atom stereocenters. The van der Waals surface area contributed by atoms with Gasteiger partial charge >= 0.3 is 5.97 Å². The number of carboxylic acids is 1. The van der Waals surface area contributed by atoms with Gasteiger partial charge in [0.15, 0.2) is 0 Å². The van der Waals surface area contributed by atoms with Crippen molar-refractivity contribution < 1.29 is 14.6 Å². The summed E-state index contributed by atoms with van der Waals surface area (Å²) in [6.45, 7) is 3.87. The zero-order valence-corrected chi connectivity index (χ0v) is 10.9. The lowest BCUT2D eigenvalue weighted by Gasteiger charge is -2.23. The Kier molecular flexibility index (Phi) is 4.12. The maximum Gasteiger partial charge on any atom is 0.325 e. The maximum atomic E-state index is 11.3. The van der Waals surface area contributed by atoms with Crippen LogP contribution in [0.1, 0.15) is 22.7 Å². The highest BCUT2D eigenvalue weighted by Gasteiger charge is 2.26. The molecule has 0 amide bonds. The highest BCUT2D eigenvalue weighted by Crippen LogP contribution is 2.32. The molecule has 1 aromatic rings. The topological polar surface area (TPSA) is 49.8 Å². The number of aliphatic carboxylic acids is 1. The molecule has 0 aliphatic rings. The molecule has 0 aromatic heterocycles. The molecule has 0 heterocycles. The van der Waals surface area contributed by atoms with E-state index in [4.69, 9.17) is 4.74 Å². The Morgan fingerprint density at radius 1 is 1.35 bits per heavy atom. The number of nitrogens with zero attached hydrogens (tertiary/aromatic N) is 1. The Morgan fingerprint density at radius 3 is 2.35 bits per heavy atom. The summed E-state index contributed by atoms with van der Waals surface area (Å²) in [7, 11) is 5.06. The zero-order chi connectivity index (χ0) is 13.2. The van der Waals surface area contributed by atoms with Gasteiger partial charge in [0.25, 0.3) is 0 Å². The smallest absolute Gasteiger partial charge is 0.325 e. The molecule has 0 spiro atoms. The van der Waals surface area contributed by atoms with Crippen LogP contribution in [-0.2, 0) is 4.79 Å². The third kappa shape index (κ3) is 2.77. The highest BCUT2D eigenvalue weighted by molar-refractivity contribution is 5.77. The van der Waals surface area contributed by atoms with E-state index in [-0.39, 0.29) is 0 Å². The summed E-state index contributed by atoms with van der Waals surface area (Å²) in [6.07, 6.45) is 0. The van der Waals surface area contributed by atoms with Crippen molar-refractivity contribution >= 4 is 5.97 Å². The number of ether oxygens (including phenoxy) is 1. The predicted molar refractivity (Wildman–Crippen MR) is 66.5 cm³/mol. The first-order chi connectivity index (χ1) is 7.88. The average Bonchev–Trinajstić information content (AvgIpc) is 2.15. The minimum absolute atomic E-state index is 0.650. The molecule has 94 valence electrons. The van der Waals surface area contributed by atoms with Crippen molar-refractivity contribution in [2.24, 2.45) is 0 Å². The normalized spacial score (nSPS) is 12.6. The first kappa shape index (κ1) is 13.5. The van der Waals surface area contributed by atoms with E-state index in [0.29, 0.717) is 11.3 Å². The van der Waals surface area contributed by atoms with E-state index in [9.17, 15) is 9.90 Å². The lowest BCUT2D eigenvalue weighted by molar-refractivity contribution is -0.142. The van der Waals surface area contributed by atoms with Crippen molar-refractivity contribution in [1.29, 1.82) is 0 Å². The Morgan fingerprint density at radius 2 is 1.94 bits per heavy atom. The molecule has 1 unspecified atom stereocenters. The molecular weight excluding hydrogens is 218 g/mol. The van der Waals surface area contributed by atoms with Crippen LogP contribution >= 0.6 is 0 Å². The van der Waals surface area contributed by atoms with Crippen molar-refractivity contribution in [2.75, 3.05) is 21.2 Å². The summed E-state index contributed by atoms with van der Waals surface area (Å²) >= 11 is 0. The summed E-state index contributed by atoms with van der Waals surface area (Å²) in [4.78, 5) is 13.0. The summed E-state index contributed by atoms with van der Waals surface area (Å²) in [6, 6.07) is 3.16. The van der Waals surface area contributed by atoms with E-state index >= 15 is 0 Å². The van der Waals surface area contributed by atoms with Crippen LogP contribution in [0.15, 0.2) is 12.1 Å². The molecule has 0 aliphatic carbocycles. The largest absolute Gasteiger partial charge is 0.496 e. The average molecular weight is 237 g/mol. The van der Waals surface area contributed by atoms with Crippen LogP contribution in [0.4, 0.5) is 0 Å². The molecule has 0 aliphatic heterocycles. The summed E-state index contributed by atoms with van der Waals surface area (Å²) in [5, 5.41) is 9.30. The Hall–Kier alpha value is -1.55. The SMILES string of the molecule is COc1c(C)cc(C)cc1C(C(=O)O)N(C)C. The summed E-state index contributed by atoms with van der Waals surface area (Å²) in [5.74, 6) is -0.227. The quantitative estimate of drug-likeness (QED) is 0.870. The fourth-order valence-electron chi connectivity index (χ4n) is 2.10. The van der Waals surface area contributed by atoms with Crippen molar-refractivity contribution in [3.8, 4) is 5.75 Å².